The summed E-state index contributed by atoms with van der Waals surface area (Å²) < 4.78 is 1.01. The Kier molecular flexibility index (Phi) is 4.12. The third-order valence-electron chi connectivity index (χ3n) is 1.60. The van der Waals surface area contributed by atoms with Gasteiger partial charge in [-0.2, -0.15) is 0 Å². The monoisotopic (exact) mass is 240 g/mol. The van der Waals surface area contributed by atoms with E-state index in [4.69, 9.17) is 0 Å². The van der Waals surface area contributed by atoms with Crippen molar-refractivity contribution in [3.8, 4) is 0 Å². The molecule has 0 aromatic carbocycles. The normalized spacial score (nSPS) is 11.8. The van der Waals surface area contributed by atoms with Gasteiger partial charge in [0.25, 0.3) is 0 Å². The van der Waals surface area contributed by atoms with Gasteiger partial charge in [0.05, 0.1) is 5.69 Å². The van der Waals surface area contributed by atoms with Crippen LogP contribution in [0.15, 0.2) is 28.4 Å². The smallest absolute Gasteiger partial charge is 0.0630 e. The first kappa shape index (κ1) is 10.4. The number of nitrogens with one attached hydrogen (secondary N) is 1. The Morgan fingerprint density at radius 3 is 2.92 bits per heavy atom. The Morgan fingerprint density at radius 1 is 1.62 bits per heavy atom. The van der Waals surface area contributed by atoms with Crippen molar-refractivity contribution in [3.63, 3.8) is 0 Å². The van der Waals surface area contributed by atoms with Gasteiger partial charge in [0.15, 0.2) is 0 Å². The van der Waals surface area contributed by atoms with E-state index in [2.05, 4.69) is 39.2 Å². The van der Waals surface area contributed by atoms with Crippen LogP contribution in [0.4, 0.5) is 0 Å². The van der Waals surface area contributed by atoms with Crippen molar-refractivity contribution in [2.45, 2.75) is 6.92 Å². The third-order valence-corrected chi connectivity index (χ3v) is 2.07. The van der Waals surface area contributed by atoms with Crippen molar-refractivity contribution in [1.29, 1.82) is 0 Å². The number of hydrogen-bond acceptors (Lipinski definition) is 2. The fourth-order valence-electron chi connectivity index (χ4n) is 1.05. The predicted molar refractivity (Wildman–Crippen MR) is 59.5 cm³/mol. The quantitative estimate of drug-likeness (QED) is 0.879. The van der Waals surface area contributed by atoms with E-state index in [0.717, 1.165) is 16.7 Å². The lowest BCUT2D eigenvalue weighted by molar-refractivity contribution is 0.884. The molecule has 2 nitrogen and oxygen atoms in total. The summed E-state index contributed by atoms with van der Waals surface area (Å²) in [6, 6.07) is 3.98. The molecule has 0 spiro atoms. The summed E-state index contributed by atoms with van der Waals surface area (Å²) >= 11 is 3.35. The first-order chi connectivity index (χ1) is 6.22. The lowest BCUT2D eigenvalue weighted by atomic mass is 10.2. The van der Waals surface area contributed by atoms with Gasteiger partial charge >= 0.3 is 0 Å². The highest BCUT2D eigenvalue weighted by molar-refractivity contribution is 9.10. The fourth-order valence-corrected chi connectivity index (χ4v) is 1.29. The second-order valence-corrected chi connectivity index (χ2v) is 3.84. The first-order valence-corrected chi connectivity index (χ1v) is 4.95. The molecule has 0 bridgehead atoms. The van der Waals surface area contributed by atoms with Gasteiger partial charge in [0.1, 0.15) is 0 Å². The van der Waals surface area contributed by atoms with Gasteiger partial charge in [0.2, 0.25) is 0 Å². The lowest BCUT2D eigenvalue weighted by Gasteiger charge is -1.99. The largest absolute Gasteiger partial charge is 0.316 e. The molecular formula is C10H13BrN2. The van der Waals surface area contributed by atoms with Crippen molar-refractivity contribution < 1.29 is 0 Å². The van der Waals surface area contributed by atoms with Crippen molar-refractivity contribution >= 4 is 22.0 Å². The van der Waals surface area contributed by atoms with Crippen LogP contribution in [0.3, 0.4) is 0 Å². The van der Waals surface area contributed by atoms with Crippen LogP contribution in [0.5, 0.6) is 0 Å². The van der Waals surface area contributed by atoms with Crippen molar-refractivity contribution in [2.24, 2.45) is 0 Å². The van der Waals surface area contributed by atoms with Crippen LogP contribution in [0.25, 0.3) is 6.08 Å². The number of hydrogen-bond donors (Lipinski definition) is 1. The van der Waals surface area contributed by atoms with Crippen LogP contribution in [0, 0.1) is 0 Å². The van der Waals surface area contributed by atoms with Crippen LogP contribution in [0.2, 0.25) is 0 Å². The highest BCUT2D eigenvalue weighted by Gasteiger charge is 1.91. The fraction of sp³-hybridized carbons (Fsp3) is 0.300. The second kappa shape index (κ2) is 5.14. The number of halogens is 1. The summed E-state index contributed by atoms with van der Waals surface area (Å²) in [7, 11) is 1.94. The molecule has 0 radical (unpaired) electrons. The highest BCUT2D eigenvalue weighted by atomic mass is 79.9. The summed E-state index contributed by atoms with van der Waals surface area (Å²) in [5, 5.41) is 3.09. The number of aromatic nitrogens is 1. The minimum atomic E-state index is 0.901. The summed E-state index contributed by atoms with van der Waals surface area (Å²) in [6.45, 7) is 2.98. The molecule has 0 fully saturated rings. The second-order valence-electron chi connectivity index (χ2n) is 2.92. The van der Waals surface area contributed by atoms with Crippen molar-refractivity contribution in [3.05, 3.63) is 34.1 Å². The van der Waals surface area contributed by atoms with Crippen LogP contribution in [-0.4, -0.2) is 18.6 Å². The number of likely N-dealkylation sites (N-methyl/N-ethyl adjacent to an activating group) is 1. The zero-order valence-electron chi connectivity index (χ0n) is 7.84. The van der Waals surface area contributed by atoms with E-state index in [0.29, 0.717) is 0 Å². The van der Waals surface area contributed by atoms with Crippen LogP contribution < -0.4 is 5.32 Å². The van der Waals surface area contributed by atoms with Gasteiger partial charge in [0, 0.05) is 17.2 Å². The molecule has 70 valence electrons. The van der Waals surface area contributed by atoms with Crippen molar-refractivity contribution in [2.75, 3.05) is 13.6 Å². The lowest BCUT2D eigenvalue weighted by Crippen LogP contribution is -2.08. The average Bonchev–Trinajstić information content (AvgIpc) is 2.09. The Balaban J connectivity index is 2.73. The predicted octanol–water partition coefficient (Wildman–Crippen LogP) is 2.47. The van der Waals surface area contributed by atoms with Gasteiger partial charge in [-0.3, -0.25) is 4.98 Å². The zero-order valence-corrected chi connectivity index (χ0v) is 9.43. The highest BCUT2D eigenvalue weighted by Crippen LogP contribution is 2.09. The Labute approximate surface area is 87.2 Å². The zero-order chi connectivity index (χ0) is 9.68. The maximum atomic E-state index is 4.25. The van der Waals surface area contributed by atoms with Crippen LogP contribution in [0.1, 0.15) is 12.6 Å². The standard InChI is InChI=1S/C10H13BrN2/c1-8(6-12-2)5-10-4-3-9(11)7-13-10/h3-5,7,12H,6H2,1-2H3/b8-5+. The average molecular weight is 241 g/mol. The topological polar surface area (TPSA) is 24.9 Å². The van der Waals surface area contributed by atoms with Gasteiger partial charge in [-0.25, -0.2) is 0 Å². The molecular weight excluding hydrogens is 228 g/mol. The minimum Gasteiger partial charge on any atom is -0.316 e. The number of nitrogens with zero attached hydrogens (tertiary/aromatic N) is 1. The molecule has 1 aromatic rings. The molecule has 0 amide bonds. The maximum absolute atomic E-state index is 4.25. The van der Waals surface area contributed by atoms with E-state index in [1.54, 1.807) is 6.20 Å². The molecule has 0 aliphatic heterocycles. The van der Waals surface area contributed by atoms with E-state index in [1.807, 2.05) is 19.2 Å². The van der Waals surface area contributed by atoms with E-state index >= 15 is 0 Å². The molecule has 0 saturated carbocycles. The third kappa shape index (κ3) is 3.70. The molecule has 0 atom stereocenters. The molecule has 1 rings (SSSR count). The number of pyridine rings is 1. The molecule has 3 heteroatoms. The number of rotatable bonds is 3. The van der Waals surface area contributed by atoms with E-state index in [9.17, 15) is 0 Å². The van der Waals surface area contributed by atoms with Gasteiger partial charge in [-0.05, 0) is 48.1 Å². The Bertz CT molecular complexity index is 290. The maximum Gasteiger partial charge on any atom is 0.0630 e. The molecule has 0 saturated heterocycles. The summed E-state index contributed by atoms with van der Waals surface area (Å²) in [4.78, 5) is 4.25. The molecule has 1 N–H and O–H groups in total. The summed E-state index contributed by atoms with van der Waals surface area (Å²) in [5.41, 5.74) is 2.27. The van der Waals surface area contributed by atoms with Crippen molar-refractivity contribution in [1.82, 2.24) is 10.3 Å². The minimum absolute atomic E-state index is 0.901. The molecule has 0 aliphatic rings. The SMILES string of the molecule is CNC/C(C)=C/c1ccc(Br)cn1. The summed E-state index contributed by atoms with van der Waals surface area (Å²) in [6.07, 6.45) is 3.88. The van der Waals surface area contributed by atoms with Gasteiger partial charge in [-0.1, -0.05) is 5.57 Å². The molecule has 0 aliphatic carbocycles. The molecule has 1 aromatic heterocycles. The van der Waals surface area contributed by atoms with Crippen LogP contribution in [-0.2, 0) is 0 Å². The van der Waals surface area contributed by atoms with E-state index in [-0.39, 0.29) is 0 Å². The van der Waals surface area contributed by atoms with Gasteiger partial charge in [-0.15, -0.1) is 0 Å². The van der Waals surface area contributed by atoms with Gasteiger partial charge < -0.3 is 5.32 Å². The Hall–Kier alpha value is -0.670. The van der Waals surface area contributed by atoms with E-state index < -0.39 is 0 Å². The first-order valence-electron chi connectivity index (χ1n) is 4.15. The van der Waals surface area contributed by atoms with E-state index in [1.165, 1.54) is 5.57 Å². The molecule has 0 unspecified atom stereocenters. The molecule has 1 heterocycles. The summed E-state index contributed by atoms with van der Waals surface area (Å²) in [5.74, 6) is 0. The molecule has 13 heavy (non-hydrogen) atoms. The van der Waals surface area contributed by atoms with Crippen LogP contribution >= 0.6 is 15.9 Å². The Morgan fingerprint density at radius 2 is 2.38 bits per heavy atom.